The molecule has 1 aromatic rings. The third-order valence-corrected chi connectivity index (χ3v) is 3.15. The zero-order chi connectivity index (χ0) is 12.3. The minimum absolute atomic E-state index is 0.00562. The van der Waals surface area contributed by atoms with E-state index in [4.69, 9.17) is 16.3 Å². The highest BCUT2D eigenvalue weighted by atomic mass is 35.5. The van der Waals surface area contributed by atoms with Gasteiger partial charge in [-0.25, -0.2) is 8.78 Å². The molecule has 0 saturated carbocycles. The summed E-state index contributed by atoms with van der Waals surface area (Å²) >= 11 is 5.73. The number of benzene rings is 1. The van der Waals surface area contributed by atoms with Crippen molar-refractivity contribution in [2.75, 3.05) is 25.6 Å². The number of hydrogen-bond acceptors (Lipinski definition) is 2. The van der Waals surface area contributed by atoms with Crippen molar-refractivity contribution < 1.29 is 13.5 Å². The molecule has 94 valence electrons. The molecule has 0 amide bonds. The number of halogens is 3. The van der Waals surface area contributed by atoms with Crippen molar-refractivity contribution in [1.82, 2.24) is 4.90 Å². The first-order chi connectivity index (χ1) is 8.19. The van der Waals surface area contributed by atoms with Gasteiger partial charge in [-0.3, -0.25) is 4.90 Å². The first kappa shape index (κ1) is 12.7. The quantitative estimate of drug-likeness (QED) is 0.775. The molecular formula is C12H14ClF2NO. The highest BCUT2D eigenvalue weighted by Crippen LogP contribution is 2.15. The van der Waals surface area contributed by atoms with Gasteiger partial charge in [0, 0.05) is 37.1 Å². The van der Waals surface area contributed by atoms with Crippen LogP contribution in [0.3, 0.4) is 0 Å². The third-order valence-electron chi connectivity index (χ3n) is 2.80. The van der Waals surface area contributed by atoms with Crippen molar-refractivity contribution in [3.8, 4) is 0 Å². The Bertz CT molecular complexity index is 389. The predicted molar refractivity (Wildman–Crippen MR) is 62.1 cm³/mol. The molecule has 1 aromatic carbocycles. The van der Waals surface area contributed by atoms with Gasteiger partial charge >= 0.3 is 0 Å². The number of alkyl halides is 1. The molecule has 2 rings (SSSR count). The Hall–Kier alpha value is -0.710. The van der Waals surface area contributed by atoms with E-state index in [0.717, 1.165) is 12.6 Å². The highest BCUT2D eigenvalue weighted by Gasteiger charge is 2.20. The van der Waals surface area contributed by atoms with Crippen LogP contribution < -0.4 is 0 Å². The molecule has 1 aliphatic rings. The van der Waals surface area contributed by atoms with Crippen molar-refractivity contribution in [2.45, 2.75) is 12.6 Å². The summed E-state index contributed by atoms with van der Waals surface area (Å²) < 4.78 is 31.6. The molecule has 0 spiro atoms. The van der Waals surface area contributed by atoms with Gasteiger partial charge in [-0.15, -0.1) is 11.6 Å². The first-order valence-electron chi connectivity index (χ1n) is 5.53. The Balaban J connectivity index is 2.00. The SMILES string of the molecule is Fc1ccc(CN2CCOC(CCl)C2)c(F)c1. The van der Waals surface area contributed by atoms with Gasteiger partial charge in [0.05, 0.1) is 12.7 Å². The molecule has 0 aliphatic carbocycles. The predicted octanol–water partition coefficient (Wildman–Crippen LogP) is 2.40. The van der Waals surface area contributed by atoms with E-state index in [1.54, 1.807) is 0 Å². The fraction of sp³-hybridized carbons (Fsp3) is 0.500. The van der Waals surface area contributed by atoms with Crippen LogP contribution in [0.4, 0.5) is 8.78 Å². The molecule has 17 heavy (non-hydrogen) atoms. The Morgan fingerprint density at radius 2 is 2.24 bits per heavy atom. The molecule has 1 unspecified atom stereocenters. The fourth-order valence-corrected chi connectivity index (χ4v) is 2.09. The molecule has 1 atom stereocenters. The van der Waals surface area contributed by atoms with E-state index in [0.29, 0.717) is 31.1 Å². The molecule has 1 saturated heterocycles. The second kappa shape index (κ2) is 5.76. The number of rotatable bonds is 3. The van der Waals surface area contributed by atoms with E-state index in [1.807, 2.05) is 0 Å². The van der Waals surface area contributed by atoms with E-state index < -0.39 is 11.6 Å². The van der Waals surface area contributed by atoms with Crippen LogP contribution in [0.15, 0.2) is 18.2 Å². The van der Waals surface area contributed by atoms with E-state index in [9.17, 15) is 8.78 Å². The maximum Gasteiger partial charge on any atom is 0.130 e. The molecule has 1 aliphatic heterocycles. The molecular weight excluding hydrogens is 248 g/mol. The molecule has 1 fully saturated rings. The van der Waals surface area contributed by atoms with Crippen molar-refractivity contribution in [3.05, 3.63) is 35.4 Å². The van der Waals surface area contributed by atoms with Crippen LogP contribution in [0.1, 0.15) is 5.56 Å². The van der Waals surface area contributed by atoms with Gasteiger partial charge in [0.15, 0.2) is 0 Å². The molecule has 5 heteroatoms. The van der Waals surface area contributed by atoms with Gasteiger partial charge in [0.25, 0.3) is 0 Å². The Morgan fingerprint density at radius 3 is 2.94 bits per heavy atom. The lowest BCUT2D eigenvalue weighted by Crippen LogP contribution is -2.42. The zero-order valence-corrected chi connectivity index (χ0v) is 10.1. The molecule has 0 radical (unpaired) electrons. The largest absolute Gasteiger partial charge is 0.374 e. The lowest BCUT2D eigenvalue weighted by Gasteiger charge is -2.32. The minimum Gasteiger partial charge on any atom is -0.374 e. The van der Waals surface area contributed by atoms with Gasteiger partial charge in [0.2, 0.25) is 0 Å². The lowest BCUT2D eigenvalue weighted by atomic mass is 10.1. The average molecular weight is 262 g/mol. The van der Waals surface area contributed by atoms with Gasteiger partial charge in [-0.05, 0) is 6.07 Å². The highest BCUT2D eigenvalue weighted by molar-refractivity contribution is 6.18. The van der Waals surface area contributed by atoms with Crippen molar-refractivity contribution in [2.24, 2.45) is 0 Å². The van der Waals surface area contributed by atoms with Crippen molar-refractivity contribution in [1.29, 1.82) is 0 Å². The topological polar surface area (TPSA) is 12.5 Å². The second-order valence-electron chi connectivity index (χ2n) is 4.12. The smallest absolute Gasteiger partial charge is 0.130 e. The van der Waals surface area contributed by atoms with Crippen LogP contribution in [-0.2, 0) is 11.3 Å². The van der Waals surface area contributed by atoms with Crippen LogP contribution in [0.5, 0.6) is 0 Å². The second-order valence-corrected chi connectivity index (χ2v) is 4.43. The summed E-state index contributed by atoms with van der Waals surface area (Å²) in [7, 11) is 0. The Labute approximate surface area is 104 Å². The maximum atomic E-state index is 13.5. The normalized spacial score (nSPS) is 21.7. The van der Waals surface area contributed by atoms with E-state index >= 15 is 0 Å². The average Bonchev–Trinajstić information content (AvgIpc) is 2.33. The third kappa shape index (κ3) is 3.37. The van der Waals surface area contributed by atoms with Crippen molar-refractivity contribution in [3.63, 3.8) is 0 Å². The van der Waals surface area contributed by atoms with Crippen molar-refractivity contribution >= 4 is 11.6 Å². The summed E-state index contributed by atoms with van der Waals surface area (Å²) in [6, 6.07) is 3.67. The molecule has 0 bridgehead atoms. The van der Waals surface area contributed by atoms with Crippen LogP contribution in [0.25, 0.3) is 0 Å². The molecule has 1 heterocycles. The van der Waals surface area contributed by atoms with Gasteiger partial charge < -0.3 is 4.74 Å². The zero-order valence-electron chi connectivity index (χ0n) is 9.33. The van der Waals surface area contributed by atoms with Crippen LogP contribution in [0.2, 0.25) is 0 Å². The van der Waals surface area contributed by atoms with E-state index in [1.165, 1.54) is 12.1 Å². The van der Waals surface area contributed by atoms with Crippen LogP contribution in [0, 0.1) is 11.6 Å². The van der Waals surface area contributed by atoms with Crippen LogP contribution >= 0.6 is 11.6 Å². The number of ether oxygens (including phenoxy) is 1. The summed E-state index contributed by atoms with van der Waals surface area (Å²) in [5.41, 5.74) is 0.502. The van der Waals surface area contributed by atoms with E-state index in [2.05, 4.69) is 4.90 Å². The molecule has 2 nitrogen and oxygen atoms in total. The number of hydrogen-bond donors (Lipinski definition) is 0. The summed E-state index contributed by atoms with van der Waals surface area (Å²) in [5.74, 6) is -0.617. The molecule has 0 aromatic heterocycles. The minimum atomic E-state index is -0.549. The number of morpholine rings is 1. The standard InChI is InChI=1S/C12H14ClF2NO/c13-6-11-8-16(3-4-17-11)7-9-1-2-10(14)5-12(9)15/h1-2,5,11H,3-4,6-8H2. The van der Waals surface area contributed by atoms with Gasteiger partial charge in [-0.2, -0.15) is 0 Å². The first-order valence-corrected chi connectivity index (χ1v) is 6.06. The summed E-state index contributed by atoms with van der Waals surface area (Å²) in [6.07, 6.45) is -0.00562. The Morgan fingerprint density at radius 1 is 1.41 bits per heavy atom. The van der Waals surface area contributed by atoms with Crippen LogP contribution in [-0.4, -0.2) is 36.6 Å². The van der Waals surface area contributed by atoms with E-state index in [-0.39, 0.29) is 6.10 Å². The summed E-state index contributed by atoms with van der Waals surface area (Å²) in [6.45, 7) is 2.48. The fourth-order valence-electron chi connectivity index (χ4n) is 1.91. The number of nitrogens with zero attached hydrogens (tertiary/aromatic N) is 1. The molecule has 0 N–H and O–H groups in total. The summed E-state index contributed by atoms with van der Waals surface area (Å²) in [4.78, 5) is 2.06. The lowest BCUT2D eigenvalue weighted by molar-refractivity contribution is -0.0197. The summed E-state index contributed by atoms with van der Waals surface area (Å²) in [5, 5.41) is 0. The maximum absolute atomic E-state index is 13.5. The monoisotopic (exact) mass is 261 g/mol. The van der Waals surface area contributed by atoms with Gasteiger partial charge in [0.1, 0.15) is 11.6 Å². The van der Waals surface area contributed by atoms with Gasteiger partial charge in [-0.1, -0.05) is 6.07 Å². The Kier molecular flexibility index (Phi) is 4.31.